The number of nitrogens with zero attached hydrogens (tertiary/aromatic N) is 1. The van der Waals surface area contributed by atoms with Gasteiger partial charge in [0.1, 0.15) is 0 Å². The van der Waals surface area contributed by atoms with E-state index < -0.39 is 0 Å². The zero-order valence-electron chi connectivity index (χ0n) is 7.65. The van der Waals surface area contributed by atoms with Crippen LogP contribution in [0.2, 0.25) is 0 Å². The molecule has 1 aromatic carbocycles. The van der Waals surface area contributed by atoms with Gasteiger partial charge in [-0.25, -0.2) is 0 Å². The van der Waals surface area contributed by atoms with Crippen LogP contribution in [-0.2, 0) is 0 Å². The highest BCUT2D eigenvalue weighted by atomic mass is 32.1. The molecule has 1 rings (SSSR count). The van der Waals surface area contributed by atoms with Crippen molar-refractivity contribution in [1.29, 1.82) is 5.26 Å². The Balaban J connectivity index is 2.67. The van der Waals surface area contributed by atoms with E-state index in [1.54, 1.807) is 12.1 Å². The molecule has 0 spiro atoms. The number of thiocarbonyl (C=S) groups is 1. The molecule has 0 aliphatic heterocycles. The fourth-order valence-electron chi connectivity index (χ4n) is 0.887. The second kappa shape index (κ2) is 4.93. The van der Waals surface area contributed by atoms with Crippen molar-refractivity contribution < 1.29 is 4.79 Å². The summed E-state index contributed by atoms with van der Waals surface area (Å²) >= 11 is 4.51. The van der Waals surface area contributed by atoms with Gasteiger partial charge in [0.25, 0.3) is 5.91 Å². The molecule has 0 bridgehead atoms. The van der Waals surface area contributed by atoms with Gasteiger partial charge in [-0.1, -0.05) is 0 Å². The lowest BCUT2D eigenvalue weighted by Gasteiger charge is -2.05. The Kier molecular flexibility index (Phi) is 3.60. The lowest BCUT2D eigenvalue weighted by atomic mass is 10.1. The minimum atomic E-state index is -0.368. The van der Waals surface area contributed by atoms with E-state index in [0.29, 0.717) is 11.1 Å². The molecular formula is C9H8N4OS. The second-order valence-electron chi connectivity index (χ2n) is 2.63. The zero-order valence-corrected chi connectivity index (χ0v) is 8.47. The van der Waals surface area contributed by atoms with Crippen molar-refractivity contribution in [2.75, 3.05) is 0 Å². The fourth-order valence-corrected chi connectivity index (χ4v) is 0.938. The van der Waals surface area contributed by atoms with Gasteiger partial charge in [-0.2, -0.15) is 5.26 Å². The van der Waals surface area contributed by atoms with E-state index >= 15 is 0 Å². The highest BCUT2D eigenvalue weighted by Crippen LogP contribution is 2.02. The number of carbonyl (C=O) groups is 1. The molecule has 0 heterocycles. The molecule has 0 aromatic heterocycles. The summed E-state index contributed by atoms with van der Waals surface area (Å²) in [6.45, 7) is 0. The van der Waals surface area contributed by atoms with E-state index in [1.165, 1.54) is 12.1 Å². The molecule has 15 heavy (non-hydrogen) atoms. The number of hydrogen-bond acceptors (Lipinski definition) is 3. The monoisotopic (exact) mass is 220 g/mol. The van der Waals surface area contributed by atoms with Gasteiger partial charge >= 0.3 is 0 Å². The highest BCUT2D eigenvalue weighted by molar-refractivity contribution is 7.80. The lowest BCUT2D eigenvalue weighted by molar-refractivity contribution is 0.0944. The van der Waals surface area contributed by atoms with Crippen LogP contribution in [0.3, 0.4) is 0 Å². The summed E-state index contributed by atoms with van der Waals surface area (Å²) in [4.78, 5) is 11.4. The first-order valence-corrected chi connectivity index (χ1v) is 4.40. The third kappa shape index (κ3) is 3.25. The largest absolute Gasteiger partial charge is 0.375 e. The second-order valence-corrected chi connectivity index (χ2v) is 3.07. The van der Waals surface area contributed by atoms with Crippen molar-refractivity contribution in [1.82, 2.24) is 10.9 Å². The SMILES string of the molecule is N#Cc1ccc(C(=O)NNC(N)=S)cc1. The van der Waals surface area contributed by atoms with Crippen LogP contribution < -0.4 is 16.6 Å². The average Bonchev–Trinajstić information content (AvgIpc) is 2.26. The van der Waals surface area contributed by atoms with Gasteiger partial charge in [0.05, 0.1) is 11.6 Å². The van der Waals surface area contributed by atoms with Crippen molar-refractivity contribution in [3.8, 4) is 6.07 Å². The maximum absolute atomic E-state index is 11.4. The molecule has 1 aromatic rings. The third-order valence-electron chi connectivity index (χ3n) is 1.58. The zero-order chi connectivity index (χ0) is 11.3. The van der Waals surface area contributed by atoms with Crippen LogP contribution in [0.1, 0.15) is 15.9 Å². The van der Waals surface area contributed by atoms with Gasteiger partial charge in [-0.05, 0) is 36.5 Å². The number of carbonyl (C=O) groups excluding carboxylic acids is 1. The summed E-state index contributed by atoms with van der Waals surface area (Å²) in [5.74, 6) is -0.368. The van der Waals surface area contributed by atoms with Crippen LogP contribution >= 0.6 is 12.2 Å². The van der Waals surface area contributed by atoms with Gasteiger partial charge in [0.2, 0.25) is 0 Å². The summed E-state index contributed by atoms with van der Waals surface area (Å²) in [6.07, 6.45) is 0. The molecule has 76 valence electrons. The maximum atomic E-state index is 11.4. The quantitative estimate of drug-likeness (QED) is 0.459. The normalized spacial score (nSPS) is 8.73. The summed E-state index contributed by atoms with van der Waals surface area (Å²) in [5.41, 5.74) is 10.7. The molecular weight excluding hydrogens is 212 g/mol. The van der Waals surface area contributed by atoms with Crippen LogP contribution in [0.5, 0.6) is 0 Å². The van der Waals surface area contributed by atoms with E-state index in [4.69, 9.17) is 11.0 Å². The van der Waals surface area contributed by atoms with Crippen LogP contribution in [0, 0.1) is 11.3 Å². The van der Waals surface area contributed by atoms with Crippen LogP contribution in [0.15, 0.2) is 24.3 Å². The minimum absolute atomic E-state index is 0.0167. The molecule has 0 fully saturated rings. The first-order chi connectivity index (χ1) is 7.13. The van der Waals surface area contributed by atoms with Crippen molar-refractivity contribution in [2.24, 2.45) is 5.73 Å². The molecule has 0 saturated heterocycles. The van der Waals surface area contributed by atoms with E-state index in [-0.39, 0.29) is 11.0 Å². The number of nitriles is 1. The van der Waals surface area contributed by atoms with Crippen LogP contribution in [0.25, 0.3) is 0 Å². The van der Waals surface area contributed by atoms with Crippen molar-refractivity contribution in [3.05, 3.63) is 35.4 Å². The van der Waals surface area contributed by atoms with Crippen molar-refractivity contribution in [3.63, 3.8) is 0 Å². The Labute approximate surface area is 91.8 Å². The lowest BCUT2D eigenvalue weighted by Crippen LogP contribution is -2.44. The van der Waals surface area contributed by atoms with Gasteiger partial charge in [0, 0.05) is 5.56 Å². The van der Waals surface area contributed by atoms with E-state index in [1.807, 2.05) is 6.07 Å². The summed E-state index contributed by atoms with van der Waals surface area (Å²) in [7, 11) is 0. The topological polar surface area (TPSA) is 90.9 Å². The van der Waals surface area contributed by atoms with Gasteiger partial charge in [0.15, 0.2) is 5.11 Å². The Hall–Kier alpha value is -2.13. The molecule has 0 saturated carbocycles. The van der Waals surface area contributed by atoms with E-state index in [9.17, 15) is 4.79 Å². The number of hydrazine groups is 1. The van der Waals surface area contributed by atoms with E-state index in [0.717, 1.165) is 0 Å². The Morgan fingerprint density at radius 2 is 1.93 bits per heavy atom. The van der Waals surface area contributed by atoms with Crippen molar-refractivity contribution >= 4 is 23.2 Å². The Morgan fingerprint density at radius 3 is 2.40 bits per heavy atom. The van der Waals surface area contributed by atoms with Crippen LogP contribution in [0.4, 0.5) is 0 Å². The average molecular weight is 220 g/mol. The summed E-state index contributed by atoms with van der Waals surface area (Å²) in [6, 6.07) is 8.13. The molecule has 0 atom stereocenters. The number of benzene rings is 1. The van der Waals surface area contributed by atoms with E-state index in [2.05, 4.69) is 23.1 Å². The smallest absolute Gasteiger partial charge is 0.269 e. The number of nitrogens with one attached hydrogen (secondary N) is 2. The first-order valence-electron chi connectivity index (χ1n) is 3.99. The molecule has 5 nitrogen and oxygen atoms in total. The summed E-state index contributed by atoms with van der Waals surface area (Å²) < 4.78 is 0. The predicted molar refractivity (Wildman–Crippen MR) is 58.5 cm³/mol. The van der Waals surface area contributed by atoms with Gasteiger partial charge in [-0.3, -0.25) is 15.6 Å². The molecule has 0 aliphatic rings. The van der Waals surface area contributed by atoms with Crippen molar-refractivity contribution in [2.45, 2.75) is 0 Å². The molecule has 0 radical (unpaired) electrons. The van der Waals surface area contributed by atoms with Crippen LogP contribution in [-0.4, -0.2) is 11.0 Å². The fraction of sp³-hybridized carbons (Fsp3) is 0. The number of amides is 1. The predicted octanol–water partition coefficient (Wildman–Crippen LogP) is 0.0363. The first kappa shape index (κ1) is 10.9. The number of rotatable bonds is 1. The molecule has 0 aliphatic carbocycles. The maximum Gasteiger partial charge on any atom is 0.269 e. The number of nitrogens with two attached hydrogens (primary N) is 1. The molecule has 4 N–H and O–H groups in total. The van der Waals surface area contributed by atoms with Gasteiger partial charge in [-0.15, -0.1) is 0 Å². The Bertz CT molecular complexity index is 421. The number of hydrogen-bond donors (Lipinski definition) is 3. The Morgan fingerprint density at radius 1 is 1.33 bits per heavy atom. The molecule has 0 unspecified atom stereocenters. The van der Waals surface area contributed by atoms with Gasteiger partial charge < -0.3 is 5.73 Å². The standard InChI is InChI=1S/C9H8N4OS/c10-5-6-1-3-7(4-2-6)8(14)12-13-9(11)15/h1-4H,(H,12,14)(H3,11,13,15). The minimum Gasteiger partial charge on any atom is -0.375 e. The highest BCUT2D eigenvalue weighted by Gasteiger charge is 2.04. The third-order valence-corrected chi connectivity index (χ3v) is 1.68. The molecule has 6 heteroatoms. The summed E-state index contributed by atoms with van der Waals surface area (Å²) in [5, 5.41) is 8.53. The molecule has 1 amide bonds.